The van der Waals surface area contributed by atoms with Crippen LogP contribution in [-0.2, 0) is 14.4 Å². The van der Waals surface area contributed by atoms with Crippen LogP contribution in [0.2, 0.25) is 0 Å². The quantitative estimate of drug-likeness (QED) is 0.652. The first-order chi connectivity index (χ1) is 6.99. The predicted octanol–water partition coefficient (Wildman–Crippen LogP) is 0.997. The van der Waals surface area contributed by atoms with Crippen LogP contribution >= 0.6 is 0 Å². The fourth-order valence-corrected chi connectivity index (χ4v) is 1.72. The molecule has 0 bridgehead atoms. The number of amides is 2. The first-order valence-electron chi connectivity index (χ1n) is 5.36. The molecule has 1 aliphatic heterocycles. The third-order valence-electron chi connectivity index (χ3n) is 2.92. The second-order valence-corrected chi connectivity index (χ2v) is 4.13. The summed E-state index contributed by atoms with van der Waals surface area (Å²) in [5.74, 6) is -1.03. The van der Waals surface area contributed by atoms with Crippen molar-refractivity contribution in [1.82, 2.24) is 4.90 Å². The Bertz CT molecular complexity index is 278. The summed E-state index contributed by atoms with van der Waals surface area (Å²) in [6.07, 6.45) is 1.18. The van der Waals surface area contributed by atoms with Gasteiger partial charge in [-0.3, -0.25) is 19.3 Å². The summed E-state index contributed by atoms with van der Waals surface area (Å²) < 4.78 is 0. The monoisotopic (exact) mass is 211 g/mol. The second kappa shape index (κ2) is 4.55. The Morgan fingerprint density at radius 3 is 2.07 bits per heavy atom. The molecule has 2 atom stereocenters. The summed E-state index contributed by atoms with van der Waals surface area (Å²) in [6.45, 7) is 5.32. The lowest BCUT2D eigenvalue weighted by atomic mass is 10.00. The summed E-state index contributed by atoms with van der Waals surface area (Å²) in [5.41, 5.74) is 0. The standard InChI is InChI=1S/C11H17NO3/c1-4-5-9(13)6-12-10(14)7(2)8(3)11(12)15/h7-8H,4-6H2,1-3H3. The summed E-state index contributed by atoms with van der Waals surface area (Å²) in [4.78, 5) is 35.7. The van der Waals surface area contributed by atoms with Crippen molar-refractivity contribution in [2.45, 2.75) is 33.6 Å². The average Bonchev–Trinajstić information content (AvgIpc) is 2.36. The number of ketones is 1. The topological polar surface area (TPSA) is 54.5 Å². The summed E-state index contributed by atoms with van der Waals surface area (Å²) in [5, 5.41) is 0. The van der Waals surface area contributed by atoms with Crippen LogP contribution < -0.4 is 0 Å². The van der Waals surface area contributed by atoms with Gasteiger partial charge in [0, 0.05) is 18.3 Å². The van der Waals surface area contributed by atoms with Crippen molar-refractivity contribution in [2.24, 2.45) is 11.8 Å². The Kier molecular flexibility index (Phi) is 3.61. The van der Waals surface area contributed by atoms with Crippen LogP contribution in [0.5, 0.6) is 0 Å². The molecule has 1 heterocycles. The molecule has 4 heteroatoms. The lowest BCUT2D eigenvalue weighted by molar-refractivity contribution is -0.143. The largest absolute Gasteiger partial charge is 0.298 e. The molecule has 0 saturated carbocycles. The molecule has 0 N–H and O–H groups in total. The molecule has 0 aliphatic carbocycles. The van der Waals surface area contributed by atoms with E-state index in [4.69, 9.17) is 0 Å². The van der Waals surface area contributed by atoms with Crippen LogP contribution in [0.4, 0.5) is 0 Å². The van der Waals surface area contributed by atoms with E-state index >= 15 is 0 Å². The number of rotatable bonds is 4. The molecule has 1 rings (SSSR count). The van der Waals surface area contributed by atoms with Gasteiger partial charge in [0.1, 0.15) is 0 Å². The van der Waals surface area contributed by atoms with E-state index in [0.717, 1.165) is 11.3 Å². The lowest BCUT2D eigenvalue weighted by Gasteiger charge is -2.12. The number of hydrogen-bond acceptors (Lipinski definition) is 3. The summed E-state index contributed by atoms with van der Waals surface area (Å²) >= 11 is 0. The Morgan fingerprint density at radius 1 is 1.20 bits per heavy atom. The predicted molar refractivity (Wildman–Crippen MR) is 55.0 cm³/mol. The SMILES string of the molecule is CCCC(=O)CN1C(=O)C(C)C(C)C1=O. The van der Waals surface area contributed by atoms with Crippen molar-refractivity contribution in [2.75, 3.05) is 6.54 Å². The Balaban J connectivity index is 2.67. The minimum absolute atomic E-state index is 0.0412. The van der Waals surface area contributed by atoms with Crippen molar-refractivity contribution < 1.29 is 14.4 Å². The molecule has 0 radical (unpaired) electrons. The maximum atomic E-state index is 11.6. The van der Waals surface area contributed by atoms with Gasteiger partial charge >= 0.3 is 0 Å². The molecule has 1 fully saturated rings. The van der Waals surface area contributed by atoms with Gasteiger partial charge in [-0.15, -0.1) is 0 Å². The van der Waals surface area contributed by atoms with Crippen molar-refractivity contribution in [1.29, 1.82) is 0 Å². The van der Waals surface area contributed by atoms with Gasteiger partial charge in [0.25, 0.3) is 0 Å². The number of nitrogens with zero attached hydrogens (tertiary/aromatic N) is 1. The van der Waals surface area contributed by atoms with Crippen molar-refractivity contribution in [3.63, 3.8) is 0 Å². The summed E-state index contributed by atoms with van der Waals surface area (Å²) in [7, 11) is 0. The van der Waals surface area contributed by atoms with Crippen LogP contribution in [0.3, 0.4) is 0 Å². The molecule has 0 aromatic heterocycles. The average molecular weight is 211 g/mol. The molecule has 1 saturated heterocycles. The van der Waals surface area contributed by atoms with Crippen LogP contribution in [0.25, 0.3) is 0 Å². The normalized spacial score (nSPS) is 26.2. The zero-order chi connectivity index (χ0) is 11.6. The van der Waals surface area contributed by atoms with E-state index in [1.165, 1.54) is 0 Å². The molecule has 1 aliphatic rings. The maximum absolute atomic E-state index is 11.6. The molecule has 15 heavy (non-hydrogen) atoms. The zero-order valence-corrected chi connectivity index (χ0v) is 9.45. The van der Waals surface area contributed by atoms with E-state index < -0.39 is 0 Å². The highest BCUT2D eigenvalue weighted by atomic mass is 16.2. The number of hydrogen-bond donors (Lipinski definition) is 0. The van der Waals surface area contributed by atoms with E-state index in [9.17, 15) is 14.4 Å². The van der Waals surface area contributed by atoms with Gasteiger partial charge in [0.2, 0.25) is 11.8 Å². The van der Waals surface area contributed by atoms with E-state index in [-0.39, 0.29) is 36.0 Å². The van der Waals surface area contributed by atoms with Crippen LogP contribution in [0.15, 0.2) is 0 Å². The van der Waals surface area contributed by atoms with Crippen LogP contribution in [0, 0.1) is 11.8 Å². The number of carbonyl (C=O) groups is 3. The Labute approximate surface area is 89.6 Å². The van der Waals surface area contributed by atoms with Crippen LogP contribution in [0.1, 0.15) is 33.6 Å². The van der Waals surface area contributed by atoms with E-state index in [0.29, 0.717) is 6.42 Å². The van der Waals surface area contributed by atoms with Crippen molar-refractivity contribution in [3.8, 4) is 0 Å². The lowest BCUT2D eigenvalue weighted by Crippen LogP contribution is -2.35. The smallest absolute Gasteiger partial charge is 0.233 e. The Morgan fingerprint density at radius 2 is 1.67 bits per heavy atom. The molecular formula is C11H17NO3. The second-order valence-electron chi connectivity index (χ2n) is 4.13. The highest BCUT2D eigenvalue weighted by Crippen LogP contribution is 2.25. The van der Waals surface area contributed by atoms with Gasteiger partial charge in [-0.05, 0) is 6.42 Å². The van der Waals surface area contributed by atoms with Gasteiger partial charge in [-0.25, -0.2) is 0 Å². The van der Waals surface area contributed by atoms with E-state index in [2.05, 4.69) is 0 Å². The fourth-order valence-electron chi connectivity index (χ4n) is 1.72. The molecule has 0 spiro atoms. The highest BCUT2D eigenvalue weighted by molar-refractivity contribution is 6.07. The third kappa shape index (κ3) is 2.25. The number of likely N-dealkylation sites (tertiary alicyclic amines) is 1. The molecule has 0 aromatic carbocycles. The first kappa shape index (κ1) is 11.9. The maximum Gasteiger partial charge on any atom is 0.233 e. The molecular weight excluding hydrogens is 194 g/mol. The summed E-state index contributed by atoms with van der Waals surface area (Å²) in [6, 6.07) is 0. The third-order valence-corrected chi connectivity index (χ3v) is 2.92. The van der Waals surface area contributed by atoms with Gasteiger partial charge in [-0.2, -0.15) is 0 Å². The minimum Gasteiger partial charge on any atom is -0.298 e. The Hall–Kier alpha value is -1.19. The molecule has 0 aromatic rings. The van der Waals surface area contributed by atoms with Gasteiger partial charge < -0.3 is 0 Å². The van der Waals surface area contributed by atoms with E-state index in [1.807, 2.05) is 6.92 Å². The van der Waals surface area contributed by atoms with Gasteiger partial charge in [0.05, 0.1) is 6.54 Å². The fraction of sp³-hybridized carbons (Fsp3) is 0.727. The first-order valence-corrected chi connectivity index (χ1v) is 5.36. The van der Waals surface area contributed by atoms with Gasteiger partial charge in [0.15, 0.2) is 5.78 Å². The van der Waals surface area contributed by atoms with Crippen molar-refractivity contribution in [3.05, 3.63) is 0 Å². The highest BCUT2D eigenvalue weighted by Gasteiger charge is 2.42. The number of Topliss-reactive ketones (excluding diaryl/α,β-unsaturated/α-hetero) is 1. The van der Waals surface area contributed by atoms with Crippen LogP contribution in [-0.4, -0.2) is 29.0 Å². The van der Waals surface area contributed by atoms with Crippen molar-refractivity contribution >= 4 is 17.6 Å². The molecule has 84 valence electrons. The zero-order valence-electron chi connectivity index (χ0n) is 9.45. The molecule has 4 nitrogen and oxygen atoms in total. The molecule has 2 unspecified atom stereocenters. The van der Waals surface area contributed by atoms with Gasteiger partial charge in [-0.1, -0.05) is 20.8 Å². The number of carbonyl (C=O) groups excluding carboxylic acids is 3. The molecule has 2 amide bonds. The number of imide groups is 1. The van der Waals surface area contributed by atoms with E-state index in [1.54, 1.807) is 13.8 Å². The minimum atomic E-state index is -0.285.